The molecule has 0 unspecified atom stereocenters. The molecule has 0 aliphatic rings. The monoisotopic (exact) mass is 366 g/mol. The van der Waals surface area contributed by atoms with Crippen LogP contribution in [0.1, 0.15) is 27.0 Å². The molecule has 0 aliphatic heterocycles. The number of benzene rings is 2. The lowest BCUT2D eigenvalue weighted by Crippen LogP contribution is -2.31. The Kier molecular flexibility index (Phi) is 4.89. The lowest BCUT2D eigenvalue weighted by Gasteiger charge is -2.11. The number of nitro groups is 1. The van der Waals surface area contributed by atoms with Gasteiger partial charge < -0.3 is 0 Å². The quantitative estimate of drug-likeness (QED) is 0.661. The maximum absolute atomic E-state index is 13.6. The molecule has 0 saturated heterocycles. The largest absolute Gasteiger partial charge is 0.285 e. The van der Waals surface area contributed by atoms with Gasteiger partial charge in [0.15, 0.2) is 0 Å². The van der Waals surface area contributed by atoms with E-state index in [1.807, 2.05) is 0 Å². The SMILES string of the molecule is Cc1ccc(C)c(S(=O)(=O)NC(=O)c2cc(F)cc(C)c2[N+](=O)[O-])c1. The minimum atomic E-state index is -4.27. The van der Waals surface area contributed by atoms with Gasteiger partial charge in [-0.25, -0.2) is 17.5 Å². The number of rotatable bonds is 4. The van der Waals surface area contributed by atoms with Crippen LogP contribution in [0.15, 0.2) is 35.2 Å². The Morgan fingerprint density at radius 3 is 2.36 bits per heavy atom. The van der Waals surface area contributed by atoms with Crippen molar-refractivity contribution in [2.75, 3.05) is 0 Å². The predicted octanol–water partition coefficient (Wildman–Crippen LogP) is 2.78. The molecular formula is C16H15FN2O5S. The second kappa shape index (κ2) is 6.60. The highest BCUT2D eigenvalue weighted by molar-refractivity contribution is 7.90. The number of nitrogens with zero attached hydrogens (tertiary/aromatic N) is 1. The van der Waals surface area contributed by atoms with Crippen LogP contribution in [0.2, 0.25) is 0 Å². The maximum atomic E-state index is 13.6. The molecular weight excluding hydrogens is 351 g/mol. The van der Waals surface area contributed by atoms with E-state index in [1.165, 1.54) is 13.0 Å². The third kappa shape index (κ3) is 3.82. The Morgan fingerprint density at radius 1 is 1.12 bits per heavy atom. The number of halogens is 1. The number of nitro benzene ring substituents is 1. The molecule has 0 atom stereocenters. The van der Waals surface area contributed by atoms with E-state index >= 15 is 0 Å². The summed E-state index contributed by atoms with van der Waals surface area (Å²) in [6.07, 6.45) is 0. The Bertz CT molecular complexity index is 986. The minimum Gasteiger partial charge on any atom is -0.268 e. The number of aryl methyl sites for hydroxylation is 3. The fourth-order valence-corrected chi connectivity index (χ4v) is 3.68. The summed E-state index contributed by atoms with van der Waals surface area (Å²) in [6.45, 7) is 4.49. The van der Waals surface area contributed by atoms with Gasteiger partial charge in [-0.2, -0.15) is 0 Å². The van der Waals surface area contributed by atoms with E-state index in [-0.39, 0.29) is 10.5 Å². The van der Waals surface area contributed by atoms with Crippen molar-refractivity contribution in [3.8, 4) is 0 Å². The average Bonchev–Trinajstić information content (AvgIpc) is 2.47. The molecule has 132 valence electrons. The number of sulfonamides is 1. The number of nitrogens with one attached hydrogen (secondary N) is 1. The first kappa shape index (κ1) is 18.5. The molecule has 2 rings (SSSR count). The molecule has 0 saturated carbocycles. The summed E-state index contributed by atoms with van der Waals surface area (Å²) in [5.41, 5.74) is -0.326. The summed E-state index contributed by atoms with van der Waals surface area (Å²) >= 11 is 0. The van der Waals surface area contributed by atoms with Gasteiger partial charge in [0.2, 0.25) is 0 Å². The minimum absolute atomic E-state index is 0.0840. The Morgan fingerprint density at radius 2 is 1.76 bits per heavy atom. The lowest BCUT2D eigenvalue weighted by atomic mass is 10.1. The maximum Gasteiger partial charge on any atom is 0.285 e. The van der Waals surface area contributed by atoms with E-state index in [9.17, 15) is 27.7 Å². The molecule has 9 heteroatoms. The van der Waals surface area contributed by atoms with Gasteiger partial charge in [-0.3, -0.25) is 14.9 Å². The zero-order chi connectivity index (χ0) is 18.9. The van der Waals surface area contributed by atoms with Gasteiger partial charge in [0.25, 0.3) is 21.6 Å². The van der Waals surface area contributed by atoms with E-state index in [2.05, 4.69) is 0 Å². The van der Waals surface area contributed by atoms with Crippen LogP contribution < -0.4 is 4.72 Å². The van der Waals surface area contributed by atoms with Crippen LogP contribution in [0.5, 0.6) is 0 Å². The Hall–Kier alpha value is -2.81. The second-order valence-electron chi connectivity index (χ2n) is 5.58. The van der Waals surface area contributed by atoms with Crippen molar-refractivity contribution in [3.05, 3.63) is 68.5 Å². The molecule has 0 heterocycles. The smallest absolute Gasteiger partial charge is 0.268 e. The summed E-state index contributed by atoms with van der Waals surface area (Å²) in [7, 11) is -4.27. The number of carbonyl (C=O) groups is 1. The normalized spacial score (nSPS) is 11.2. The summed E-state index contributed by atoms with van der Waals surface area (Å²) in [5.74, 6) is -2.15. The van der Waals surface area contributed by atoms with Gasteiger partial charge in [-0.15, -0.1) is 0 Å². The molecule has 1 N–H and O–H groups in total. The third-order valence-electron chi connectivity index (χ3n) is 3.55. The first-order valence-corrected chi connectivity index (χ1v) is 8.60. The second-order valence-corrected chi connectivity index (χ2v) is 7.23. The van der Waals surface area contributed by atoms with E-state index in [0.29, 0.717) is 17.2 Å². The highest BCUT2D eigenvalue weighted by atomic mass is 32.2. The van der Waals surface area contributed by atoms with Crippen molar-refractivity contribution in [2.24, 2.45) is 0 Å². The van der Waals surface area contributed by atoms with Gasteiger partial charge >= 0.3 is 0 Å². The fourth-order valence-electron chi connectivity index (χ4n) is 2.38. The van der Waals surface area contributed by atoms with Crippen molar-refractivity contribution in [1.29, 1.82) is 0 Å². The van der Waals surface area contributed by atoms with Crippen LogP contribution in [-0.4, -0.2) is 19.2 Å². The lowest BCUT2D eigenvalue weighted by molar-refractivity contribution is -0.385. The van der Waals surface area contributed by atoms with Crippen LogP contribution in [0.3, 0.4) is 0 Å². The standard InChI is InChI=1S/C16H15FN2O5S/c1-9-4-5-10(2)14(6-9)25(23,24)18-16(20)13-8-12(17)7-11(3)15(13)19(21)22/h4-8H,1-3H3,(H,18,20). The van der Waals surface area contributed by atoms with Crippen molar-refractivity contribution in [1.82, 2.24) is 4.72 Å². The van der Waals surface area contributed by atoms with Gasteiger partial charge in [0, 0.05) is 5.56 Å². The highest BCUT2D eigenvalue weighted by Crippen LogP contribution is 2.25. The van der Waals surface area contributed by atoms with Crippen LogP contribution in [0.4, 0.5) is 10.1 Å². The highest BCUT2D eigenvalue weighted by Gasteiger charge is 2.28. The van der Waals surface area contributed by atoms with Gasteiger partial charge in [-0.05, 0) is 50.1 Å². The Balaban J connectivity index is 2.50. The van der Waals surface area contributed by atoms with Gasteiger partial charge in [-0.1, -0.05) is 12.1 Å². The fraction of sp³-hybridized carbons (Fsp3) is 0.188. The molecule has 25 heavy (non-hydrogen) atoms. The Labute approximate surface area is 143 Å². The average molecular weight is 366 g/mol. The molecule has 2 aromatic rings. The number of hydrogen-bond acceptors (Lipinski definition) is 5. The number of amides is 1. The third-order valence-corrected chi connectivity index (χ3v) is 5.03. The van der Waals surface area contributed by atoms with E-state index < -0.39 is 37.9 Å². The summed E-state index contributed by atoms with van der Waals surface area (Å²) in [5, 5.41) is 11.1. The van der Waals surface area contributed by atoms with Gasteiger partial charge in [0.05, 0.1) is 9.82 Å². The predicted molar refractivity (Wildman–Crippen MR) is 88.4 cm³/mol. The molecule has 0 fully saturated rings. The topological polar surface area (TPSA) is 106 Å². The summed E-state index contributed by atoms with van der Waals surface area (Å²) < 4.78 is 40.2. The molecule has 0 aliphatic carbocycles. The first-order valence-electron chi connectivity index (χ1n) is 7.12. The summed E-state index contributed by atoms with van der Waals surface area (Å²) in [6, 6.07) is 6.18. The molecule has 0 radical (unpaired) electrons. The summed E-state index contributed by atoms with van der Waals surface area (Å²) in [4.78, 5) is 22.5. The van der Waals surface area contributed by atoms with Crippen molar-refractivity contribution in [3.63, 3.8) is 0 Å². The van der Waals surface area contributed by atoms with Crippen LogP contribution in [0.25, 0.3) is 0 Å². The molecule has 1 amide bonds. The first-order chi connectivity index (χ1) is 11.5. The zero-order valence-electron chi connectivity index (χ0n) is 13.7. The van der Waals surface area contributed by atoms with Crippen LogP contribution >= 0.6 is 0 Å². The number of hydrogen-bond donors (Lipinski definition) is 1. The molecule has 7 nitrogen and oxygen atoms in total. The van der Waals surface area contributed by atoms with E-state index in [0.717, 1.165) is 6.07 Å². The van der Waals surface area contributed by atoms with Gasteiger partial charge in [0.1, 0.15) is 11.4 Å². The van der Waals surface area contributed by atoms with Crippen LogP contribution in [-0.2, 0) is 10.0 Å². The molecule has 0 bridgehead atoms. The zero-order valence-corrected chi connectivity index (χ0v) is 14.5. The molecule has 0 spiro atoms. The number of carbonyl (C=O) groups excluding carboxylic acids is 1. The van der Waals surface area contributed by atoms with Crippen LogP contribution in [0, 0.1) is 36.7 Å². The van der Waals surface area contributed by atoms with Crippen molar-refractivity contribution >= 4 is 21.6 Å². The van der Waals surface area contributed by atoms with E-state index in [1.54, 1.807) is 30.7 Å². The van der Waals surface area contributed by atoms with Crippen molar-refractivity contribution in [2.45, 2.75) is 25.7 Å². The van der Waals surface area contributed by atoms with Crippen molar-refractivity contribution < 1.29 is 22.5 Å². The molecule has 0 aromatic heterocycles. The molecule has 2 aromatic carbocycles. The van der Waals surface area contributed by atoms with E-state index in [4.69, 9.17) is 0 Å².